The summed E-state index contributed by atoms with van der Waals surface area (Å²) in [5, 5.41) is 0.932. The molecule has 3 nitrogen and oxygen atoms in total. The van der Waals surface area contributed by atoms with Crippen molar-refractivity contribution in [2.75, 3.05) is 7.11 Å². The monoisotopic (exact) mass is 305 g/mol. The summed E-state index contributed by atoms with van der Waals surface area (Å²) in [6, 6.07) is 7.75. The van der Waals surface area contributed by atoms with Gasteiger partial charge in [-0.25, -0.2) is 4.79 Å². The Labute approximate surface area is 160 Å². The molecule has 0 aliphatic carbocycles. The van der Waals surface area contributed by atoms with Crippen molar-refractivity contribution in [2.45, 2.75) is 0 Å². The van der Waals surface area contributed by atoms with E-state index in [-0.39, 0.29) is 57.4 Å². The van der Waals surface area contributed by atoms with Crippen LogP contribution in [0.15, 0.2) is 30.5 Å². The Morgan fingerprint density at radius 2 is 2.00 bits per heavy atom. The second-order valence-electron chi connectivity index (χ2n) is 3.26. The Hall–Kier alpha value is 0.176. The summed E-state index contributed by atoms with van der Waals surface area (Å²) in [5.41, 5.74) is 1.65. The first-order valence-corrected chi connectivity index (χ1v) is 5.78. The van der Waals surface area contributed by atoms with Gasteiger partial charge in [0.05, 0.1) is 12.7 Å². The average molecular weight is 305 g/mol. The number of carbonyl (C=O) groups is 1. The molecule has 0 spiro atoms. The standard InChI is InChI=1S/C11H11NO2.CH2S2.K/c1-12-7-9(11(13)14-2)8-5-3-4-6-10(8)12;2-1-3;/h3-7H,1-2H3;1H,(H,2,3);/q;;+1/p-1. The third kappa shape index (κ3) is 4.38. The second-order valence-corrected chi connectivity index (χ2v) is 4.03. The summed E-state index contributed by atoms with van der Waals surface area (Å²) in [5.74, 6) is -0.290. The molecule has 0 saturated carbocycles. The van der Waals surface area contributed by atoms with Crippen LogP contribution >= 0.6 is 12.2 Å². The summed E-state index contributed by atoms with van der Waals surface area (Å²) in [4.78, 5) is 11.4. The van der Waals surface area contributed by atoms with E-state index in [0.717, 1.165) is 10.9 Å². The van der Waals surface area contributed by atoms with Crippen LogP contribution in [0.5, 0.6) is 0 Å². The Morgan fingerprint density at radius 1 is 1.44 bits per heavy atom. The number of aromatic nitrogens is 1. The number of fused-ring (bicyclic) bond motifs is 1. The number of benzene rings is 1. The predicted molar refractivity (Wildman–Crippen MR) is 75.3 cm³/mol. The number of thiocarbonyl (C=S) groups is 1. The maximum atomic E-state index is 11.4. The molecule has 0 atom stereocenters. The zero-order valence-electron chi connectivity index (χ0n) is 10.5. The van der Waals surface area contributed by atoms with Crippen molar-refractivity contribution in [3.05, 3.63) is 36.0 Å². The maximum Gasteiger partial charge on any atom is 1.00 e. The third-order valence-corrected chi connectivity index (χ3v) is 2.30. The van der Waals surface area contributed by atoms with E-state index in [1.165, 1.54) is 11.8 Å². The molecule has 6 heteroatoms. The number of aryl methyl sites for hydroxylation is 1. The molecule has 0 unspecified atom stereocenters. The Balaban J connectivity index is 0.000000660. The molecule has 0 bridgehead atoms. The van der Waals surface area contributed by atoms with Crippen LogP contribution in [0, 0.1) is 0 Å². The fraction of sp³-hybridized carbons (Fsp3) is 0.167. The fourth-order valence-electron chi connectivity index (χ4n) is 1.61. The van der Waals surface area contributed by atoms with E-state index in [1.807, 2.05) is 35.9 Å². The number of nitrogens with zero attached hydrogens (tertiary/aromatic N) is 1. The van der Waals surface area contributed by atoms with Crippen LogP contribution in [-0.2, 0) is 24.4 Å². The van der Waals surface area contributed by atoms with Gasteiger partial charge in [0.1, 0.15) is 0 Å². The third-order valence-electron chi connectivity index (χ3n) is 2.30. The fourth-order valence-corrected chi connectivity index (χ4v) is 1.61. The van der Waals surface area contributed by atoms with Gasteiger partial charge in [-0.15, -0.1) is 0 Å². The average Bonchev–Trinajstić information content (AvgIpc) is 2.68. The number of methoxy groups -OCH3 is 1. The Morgan fingerprint density at radius 3 is 2.56 bits per heavy atom. The molecule has 2 aromatic rings. The molecule has 0 amide bonds. The van der Waals surface area contributed by atoms with Gasteiger partial charge in [0, 0.05) is 24.1 Å². The normalized spacial score (nSPS) is 8.78. The molecule has 0 aliphatic heterocycles. The van der Waals surface area contributed by atoms with Gasteiger partial charge in [-0.2, -0.15) is 4.70 Å². The van der Waals surface area contributed by atoms with E-state index in [4.69, 9.17) is 4.74 Å². The number of hydrogen-bond acceptors (Lipinski definition) is 4. The van der Waals surface area contributed by atoms with Crippen molar-refractivity contribution in [1.29, 1.82) is 0 Å². The largest absolute Gasteiger partial charge is 1.00 e. The first-order valence-electron chi connectivity index (χ1n) is 4.83. The van der Waals surface area contributed by atoms with Gasteiger partial charge in [0.25, 0.3) is 0 Å². The molecule has 0 N–H and O–H groups in total. The molecule has 0 saturated heterocycles. The minimum Gasteiger partial charge on any atom is -0.465 e. The summed E-state index contributed by atoms with van der Waals surface area (Å²) < 4.78 is 7.79. The van der Waals surface area contributed by atoms with E-state index in [9.17, 15) is 4.79 Å². The zero-order valence-corrected chi connectivity index (χ0v) is 15.3. The van der Waals surface area contributed by atoms with Crippen LogP contribution in [0.2, 0.25) is 0 Å². The number of hydrogen-bond donors (Lipinski definition) is 0. The summed E-state index contributed by atoms with van der Waals surface area (Å²) in [7, 11) is 3.30. The van der Waals surface area contributed by atoms with Gasteiger partial charge in [-0.05, 0) is 6.07 Å². The number of esters is 1. The van der Waals surface area contributed by atoms with Crippen LogP contribution in [0.25, 0.3) is 10.9 Å². The molecule has 18 heavy (non-hydrogen) atoms. The van der Waals surface area contributed by atoms with Crippen molar-refractivity contribution in [1.82, 2.24) is 4.57 Å². The van der Waals surface area contributed by atoms with Crippen LogP contribution in [0.4, 0.5) is 0 Å². The summed E-state index contributed by atoms with van der Waals surface area (Å²) in [6.07, 6.45) is 1.79. The molecule has 90 valence electrons. The summed E-state index contributed by atoms with van der Waals surface area (Å²) in [6.45, 7) is 0. The van der Waals surface area contributed by atoms with Crippen molar-refractivity contribution in [3.8, 4) is 0 Å². The topological polar surface area (TPSA) is 31.2 Å². The van der Waals surface area contributed by atoms with Crippen molar-refractivity contribution in [2.24, 2.45) is 7.05 Å². The van der Waals surface area contributed by atoms with Crippen molar-refractivity contribution in [3.63, 3.8) is 0 Å². The minimum absolute atomic E-state index is 0. The predicted octanol–water partition coefficient (Wildman–Crippen LogP) is -0.541. The van der Waals surface area contributed by atoms with E-state index in [0.29, 0.717) is 5.56 Å². The molecule has 1 aromatic carbocycles. The van der Waals surface area contributed by atoms with E-state index in [1.54, 1.807) is 6.20 Å². The number of carbonyl (C=O) groups excluding carboxylic acids is 1. The molecule has 0 fully saturated rings. The maximum absolute atomic E-state index is 11.4. The van der Waals surface area contributed by atoms with Crippen LogP contribution in [-0.4, -0.2) is 22.3 Å². The van der Waals surface area contributed by atoms with Crippen LogP contribution in [0.3, 0.4) is 0 Å². The van der Waals surface area contributed by atoms with Gasteiger partial charge in [0.15, 0.2) is 0 Å². The van der Waals surface area contributed by atoms with Gasteiger partial charge in [0.2, 0.25) is 0 Å². The van der Waals surface area contributed by atoms with E-state index >= 15 is 0 Å². The smallest absolute Gasteiger partial charge is 0.465 e. The molecule has 0 aliphatic rings. The molecular weight excluding hydrogens is 293 g/mol. The van der Waals surface area contributed by atoms with Gasteiger partial charge in [-0.1, -0.05) is 18.2 Å². The molecule has 1 heterocycles. The first-order chi connectivity index (χ1) is 8.15. The Bertz CT molecular complexity index is 540. The Kier molecular flexibility index (Phi) is 9.23. The molecule has 2 rings (SSSR count). The quantitative estimate of drug-likeness (QED) is 0.306. The number of rotatable bonds is 1. The van der Waals surface area contributed by atoms with Crippen LogP contribution in [0.1, 0.15) is 10.4 Å². The first kappa shape index (κ1) is 18.2. The SMILES string of the molecule is COC(=O)c1cn(C)c2ccccc12.S=C[S-].[K+]. The van der Waals surface area contributed by atoms with Gasteiger partial charge >= 0.3 is 57.4 Å². The second kappa shape index (κ2) is 9.14. The zero-order chi connectivity index (χ0) is 12.8. The van der Waals surface area contributed by atoms with Crippen LogP contribution < -0.4 is 51.4 Å². The van der Waals surface area contributed by atoms with Crippen molar-refractivity contribution < 1.29 is 60.9 Å². The van der Waals surface area contributed by atoms with Gasteiger partial charge < -0.3 is 34.2 Å². The van der Waals surface area contributed by atoms with E-state index in [2.05, 4.69) is 24.8 Å². The molecule has 0 radical (unpaired) electrons. The van der Waals surface area contributed by atoms with Gasteiger partial charge in [-0.3, -0.25) is 0 Å². The molecular formula is C12H12KNO2S2. The van der Waals surface area contributed by atoms with Crippen molar-refractivity contribution >= 4 is 46.4 Å². The summed E-state index contributed by atoms with van der Waals surface area (Å²) >= 11 is 8.17. The van der Waals surface area contributed by atoms with E-state index < -0.39 is 0 Å². The molecule has 1 aromatic heterocycles. The minimum atomic E-state index is -0.290. The number of para-hydroxylation sites is 1. The number of ether oxygens (including phenoxy) is 1.